The highest BCUT2D eigenvalue weighted by atomic mass is 35.5. The molecule has 0 aliphatic rings. The van der Waals surface area contributed by atoms with Crippen molar-refractivity contribution in [2.45, 2.75) is 24.8 Å². The van der Waals surface area contributed by atoms with Crippen LogP contribution in [-0.4, -0.2) is 16.1 Å². The predicted octanol–water partition coefficient (Wildman–Crippen LogP) is 1.57. The van der Waals surface area contributed by atoms with E-state index in [0.29, 0.717) is 0 Å². The molecule has 0 aromatic heterocycles. The van der Waals surface area contributed by atoms with Crippen LogP contribution in [0.25, 0.3) is 0 Å². The summed E-state index contributed by atoms with van der Waals surface area (Å²) in [6.07, 6.45) is -0.0703. The molecule has 0 aliphatic heterocycles. The first-order chi connectivity index (χ1) is 4.48. The van der Waals surface area contributed by atoms with Crippen molar-refractivity contribution in [3.63, 3.8) is 0 Å². The van der Waals surface area contributed by atoms with Crippen molar-refractivity contribution in [1.29, 1.82) is 0 Å². The van der Waals surface area contributed by atoms with Gasteiger partial charge in [0.15, 0.2) is 5.00 Å². The Morgan fingerprint density at radius 1 is 1.80 bits per heavy atom. The minimum Gasteiger partial charge on any atom is -0.481 e. The van der Waals surface area contributed by atoms with Gasteiger partial charge in [0.05, 0.1) is 0 Å². The molecule has 1 atom stereocenters. The van der Waals surface area contributed by atoms with Crippen LogP contribution in [-0.2, 0) is 4.79 Å². The molecule has 0 radical (unpaired) electrons. The molecule has 0 aromatic carbocycles. The second-order valence-electron chi connectivity index (χ2n) is 2.13. The summed E-state index contributed by atoms with van der Waals surface area (Å²) in [6, 6.07) is 0. The number of carboxylic acids is 1. The van der Waals surface area contributed by atoms with Crippen LogP contribution in [0.2, 0.25) is 0 Å². The zero-order chi connectivity index (χ0) is 8.20. The van der Waals surface area contributed by atoms with Crippen LogP contribution in [0.4, 0.5) is 0 Å². The first-order valence-electron chi connectivity index (χ1n) is 2.73. The first kappa shape index (κ1) is 9.36. The largest absolute Gasteiger partial charge is 0.481 e. The molecule has 0 aromatic rings. The minimum absolute atomic E-state index is 0.0629. The van der Waals surface area contributed by atoms with Gasteiger partial charge in [-0.2, -0.15) is 0 Å². The van der Waals surface area contributed by atoms with Crippen LogP contribution in [0.1, 0.15) is 19.8 Å². The van der Waals surface area contributed by atoms with Crippen LogP contribution in [0.5, 0.6) is 0 Å². The summed E-state index contributed by atoms with van der Waals surface area (Å²) in [7, 11) is 0. The fourth-order valence-corrected chi connectivity index (χ4v) is 0.475. The average Bonchev–Trinajstić information content (AvgIpc) is 1.85. The van der Waals surface area contributed by atoms with Crippen molar-refractivity contribution in [2.24, 2.45) is 5.18 Å². The number of hydrogen-bond donors (Lipinski definition) is 1. The molecule has 0 bridgehead atoms. The van der Waals surface area contributed by atoms with Crippen LogP contribution >= 0.6 is 11.6 Å². The molecule has 0 aliphatic carbocycles. The lowest BCUT2D eigenvalue weighted by Crippen LogP contribution is -2.13. The van der Waals surface area contributed by atoms with Gasteiger partial charge in [0, 0.05) is 12.8 Å². The molecule has 0 saturated heterocycles. The number of carbonyl (C=O) groups is 1. The number of aliphatic carboxylic acids is 1. The van der Waals surface area contributed by atoms with E-state index in [1.54, 1.807) is 0 Å². The molecule has 58 valence electrons. The molecule has 0 rings (SSSR count). The molecule has 5 heteroatoms. The van der Waals surface area contributed by atoms with E-state index in [2.05, 4.69) is 5.18 Å². The van der Waals surface area contributed by atoms with Crippen LogP contribution < -0.4 is 0 Å². The van der Waals surface area contributed by atoms with Gasteiger partial charge in [0.25, 0.3) is 0 Å². The zero-order valence-electron chi connectivity index (χ0n) is 5.50. The van der Waals surface area contributed by atoms with E-state index >= 15 is 0 Å². The number of nitroso groups, excluding NO2 is 1. The van der Waals surface area contributed by atoms with E-state index in [-0.39, 0.29) is 12.8 Å². The maximum absolute atomic E-state index is 9.96. The third-order valence-corrected chi connectivity index (χ3v) is 1.24. The van der Waals surface area contributed by atoms with Crippen LogP contribution in [0, 0.1) is 4.91 Å². The summed E-state index contributed by atoms with van der Waals surface area (Å²) in [6.45, 7) is 1.38. The Morgan fingerprint density at radius 3 is 2.60 bits per heavy atom. The van der Waals surface area contributed by atoms with Crippen molar-refractivity contribution in [3.8, 4) is 0 Å². The van der Waals surface area contributed by atoms with Gasteiger partial charge in [-0.05, 0) is 12.1 Å². The van der Waals surface area contributed by atoms with Gasteiger partial charge < -0.3 is 5.11 Å². The van der Waals surface area contributed by atoms with Gasteiger partial charge in [-0.25, -0.2) is 0 Å². The Balaban J connectivity index is 3.67. The lowest BCUT2D eigenvalue weighted by molar-refractivity contribution is -0.137. The van der Waals surface area contributed by atoms with Crippen molar-refractivity contribution < 1.29 is 9.90 Å². The normalized spacial score (nSPS) is 15.8. The SMILES string of the molecule is CC(Cl)(CCC(=O)O)N=O. The summed E-state index contributed by atoms with van der Waals surface area (Å²) in [5.41, 5.74) is 0. The Kier molecular flexibility index (Phi) is 3.28. The summed E-state index contributed by atoms with van der Waals surface area (Å²) in [5, 5.41) is 10.7. The summed E-state index contributed by atoms with van der Waals surface area (Å²) >= 11 is 5.42. The minimum atomic E-state index is -1.27. The molecule has 0 heterocycles. The maximum atomic E-state index is 9.96. The zero-order valence-corrected chi connectivity index (χ0v) is 6.26. The van der Waals surface area contributed by atoms with E-state index in [9.17, 15) is 9.70 Å². The summed E-state index contributed by atoms with van der Waals surface area (Å²) in [4.78, 5) is 18.6. The molecule has 0 saturated carbocycles. The van der Waals surface area contributed by atoms with Crippen molar-refractivity contribution in [1.82, 2.24) is 0 Å². The second-order valence-corrected chi connectivity index (χ2v) is 2.94. The summed E-state index contributed by atoms with van der Waals surface area (Å²) in [5.74, 6) is -0.976. The Labute approximate surface area is 63.2 Å². The maximum Gasteiger partial charge on any atom is 0.303 e. The fraction of sp³-hybridized carbons (Fsp3) is 0.800. The molecule has 10 heavy (non-hydrogen) atoms. The highest BCUT2D eigenvalue weighted by molar-refractivity contribution is 6.23. The predicted molar refractivity (Wildman–Crippen MR) is 36.9 cm³/mol. The molecular weight excluding hydrogens is 158 g/mol. The molecule has 0 amide bonds. The van der Waals surface area contributed by atoms with Crippen LogP contribution in [0.15, 0.2) is 5.18 Å². The van der Waals surface area contributed by atoms with Gasteiger partial charge in [0.2, 0.25) is 0 Å². The average molecular weight is 166 g/mol. The van der Waals surface area contributed by atoms with Crippen molar-refractivity contribution in [3.05, 3.63) is 4.91 Å². The number of rotatable bonds is 4. The smallest absolute Gasteiger partial charge is 0.303 e. The van der Waals surface area contributed by atoms with E-state index in [0.717, 1.165) is 0 Å². The lowest BCUT2D eigenvalue weighted by atomic mass is 10.2. The molecule has 4 nitrogen and oxygen atoms in total. The quantitative estimate of drug-likeness (QED) is 0.391. The van der Waals surface area contributed by atoms with Gasteiger partial charge >= 0.3 is 5.97 Å². The monoisotopic (exact) mass is 165 g/mol. The van der Waals surface area contributed by atoms with Crippen LogP contribution in [0.3, 0.4) is 0 Å². The molecule has 1 N–H and O–H groups in total. The van der Waals surface area contributed by atoms with Crippen molar-refractivity contribution >= 4 is 17.6 Å². The number of nitrogens with zero attached hydrogens (tertiary/aromatic N) is 1. The van der Waals surface area contributed by atoms with E-state index < -0.39 is 11.0 Å². The fourth-order valence-electron chi connectivity index (χ4n) is 0.381. The molecule has 0 fully saturated rings. The van der Waals surface area contributed by atoms with E-state index in [4.69, 9.17) is 16.7 Å². The Hall–Kier alpha value is -0.640. The van der Waals surface area contributed by atoms with Gasteiger partial charge in [0.1, 0.15) is 0 Å². The van der Waals surface area contributed by atoms with Crippen molar-refractivity contribution in [2.75, 3.05) is 0 Å². The number of carboxylic acid groups (broad SMARTS) is 1. The second kappa shape index (κ2) is 3.51. The number of halogens is 1. The molecule has 1 unspecified atom stereocenters. The lowest BCUT2D eigenvalue weighted by Gasteiger charge is -2.08. The Bertz CT molecular complexity index is 146. The summed E-state index contributed by atoms with van der Waals surface area (Å²) < 4.78 is 0. The van der Waals surface area contributed by atoms with Gasteiger partial charge in [-0.1, -0.05) is 11.6 Å². The standard InChI is InChI=1S/C5H8ClNO3/c1-5(6,7-10)3-2-4(8)9/h2-3H2,1H3,(H,8,9). The van der Waals surface area contributed by atoms with E-state index in [1.165, 1.54) is 6.92 Å². The molecule has 0 spiro atoms. The third-order valence-electron chi connectivity index (χ3n) is 0.986. The third kappa shape index (κ3) is 4.26. The number of hydrogen-bond acceptors (Lipinski definition) is 3. The molecular formula is C5H8ClNO3. The van der Waals surface area contributed by atoms with Gasteiger partial charge in [-0.15, -0.1) is 4.91 Å². The van der Waals surface area contributed by atoms with E-state index in [1.807, 2.05) is 0 Å². The topological polar surface area (TPSA) is 66.7 Å². The highest BCUT2D eigenvalue weighted by Crippen LogP contribution is 2.21. The Morgan fingerprint density at radius 2 is 2.30 bits per heavy atom. The number of alkyl halides is 1. The first-order valence-corrected chi connectivity index (χ1v) is 3.11. The highest BCUT2D eigenvalue weighted by Gasteiger charge is 2.21. The van der Waals surface area contributed by atoms with Gasteiger partial charge in [-0.3, -0.25) is 4.79 Å².